The highest BCUT2D eigenvalue weighted by atomic mass is 32.1. The second-order valence-electron chi connectivity index (χ2n) is 7.10. The molecule has 0 amide bonds. The summed E-state index contributed by atoms with van der Waals surface area (Å²) >= 11 is 5.60. The topological polar surface area (TPSA) is 50.4 Å². The number of carbonyl (C=O) groups is 1. The van der Waals surface area contributed by atoms with Crippen LogP contribution >= 0.6 is 12.2 Å². The zero-order valence-electron chi connectivity index (χ0n) is 17.4. The van der Waals surface area contributed by atoms with Crippen LogP contribution in [0, 0.1) is 13.8 Å². The number of thiocarbonyl (C=S) groups is 1. The fraction of sp³-hybridized carbons (Fsp3) is 0.200. The first-order chi connectivity index (χ1) is 14.5. The van der Waals surface area contributed by atoms with Crippen LogP contribution in [0.4, 0.5) is 5.69 Å². The van der Waals surface area contributed by atoms with E-state index >= 15 is 0 Å². The predicted octanol–water partition coefficient (Wildman–Crippen LogP) is 5.56. The molecular weight excluding hydrogens is 392 g/mol. The molecule has 0 unspecified atom stereocenters. The number of nitrogens with one attached hydrogen (secondary N) is 2. The van der Waals surface area contributed by atoms with Gasteiger partial charge in [0.25, 0.3) is 0 Å². The van der Waals surface area contributed by atoms with Gasteiger partial charge in [0, 0.05) is 5.69 Å². The van der Waals surface area contributed by atoms with Crippen LogP contribution in [0.3, 0.4) is 0 Å². The van der Waals surface area contributed by atoms with Crippen molar-refractivity contribution >= 4 is 29.0 Å². The van der Waals surface area contributed by atoms with Crippen LogP contribution < -0.4 is 10.6 Å². The predicted molar refractivity (Wildman–Crippen MR) is 126 cm³/mol. The summed E-state index contributed by atoms with van der Waals surface area (Å²) in [4.78, 5) is 12.0. The highest BCUT2D eigenvalue weighted by Gasteiger charge is 2.17. The molecule has 1 atom stereocenters. The third kappa shape index (κ3) is 5.45. The molecule has 0 bridgehead atoms. The third-order valence-corrected chi connectivity index (χ3v) is 5.00. The summed E-state index contributed by atoms with van der Waals surface area (Å²) < 4.78 is 5.08. The van der Waals surface area contributed by atoms with E-state index in [-0.39, 0.29) is 12.0 Å². The summed E-state index contributed by atoms with van der Waals surface area (Å²) in [6.07, 6.45) is 0. The summed E-state index contributed by atoms with van der Waals surface area (Å²) in [5.41, 5.74) is 5.91. The number of benzene rings is 3. The molecule has 0 spiro atoms. The average Bonchev–Trinajstić information content (AvgIpc) is 2.73. The van der Waals surface area contributed by atoms with E-state index in [1.54, 1.807) is 25.1 Å². The average molecular weight is 419 g/mol. The maximum Gasteiger partial charge on any atom is 0.338 e. The molecule has 3 rings (SSSR count). The molecule has 0 aromatic heterocycles. The minimum absolute atomic E-state index is 0.0972. The number of ether oxygens (including phenoxy) is 1. The van der Waals surface area contributed by atoms with Crippen molar-refractivity contribution in [1.29, 1.82) is 0 Å². The fourth-order valence-electron chi connectivity index (χ4n) is 3.37. The Bertz CT molecular complexity index is 1030. The van der Waals surface area contributed by atoms with Crippen molar-refractivity contribution in [2.24, 2.45) is 0 Å². The van der Waals surface area contributed by atoms with Gasteiger partial charge in [-0.3, -0.25) is 0 Å². The maximum absolute atomic E-state index is 12.0. The Labute approximate surface area is 183 Å². The van der Waals surface area contributed by atoms with E-state index in [0.29, 0.717) is 17.3 Å². The minimum atomic E-state index is -0.350. The molecule has 0 saturated heterocycles. The van der Waals surface area contributed by atoms with Gasteiger partial charge in [-0.05, 0) is 67.9 Å². The van der Waals surface area contributed by atoms with Crippen LogP contribution in [0.1, 0.15) is 45.6 Å². The molecule has 0 saturated carbocycles. The van der Waals surface area contributed by atoms with Crippen LogP contribution in [0.25, 0.3) is 0 Å². The van der Waals surface area contributed by atoms with Crippen LogP contribution in [0.5, 0.6) is 0 Å². The Kier molecular flexibility index (Phi) is 7.20. The van der Waals surface area contributed by atoms with Gasteiger partial charge in [-0.15, -0.1) is 0 Å². The highest BCUT2D eigenvalue weighted by molar-refractivity contribution is 7.80. The van der Waals surface area contributed by atoms with Gasteiger partial charge in [-0.2, -0.15) is 0 Å². The molecule has 3 aromatic carbocycles. The van der Waals surface area contributed by atoms with Crippen molar-refractivity contribution in [3.8, 4) is 0 Å². The largest absolute Gasteiger partial charge is 0.462 e. The Morgan fingerprint density at radius 3 is 2.47 bits per heavy atom. The van der Waals surface area contributed by atoms with Crippen molar-refractivity contribution in [3.63, 3.8) is 0 Å². The number of esters is 1. The Morgan fingerprint density at radius 2 is 1.77 bits per heavy atom. The van der Waals surface area contributed by atoms with Crippen LogP contribution in [0.2, 0.25) is 0 Å². The number of hydrogen-bond acceptors (Lipinski definition) is 3. The smallest absolute Gasteiger partial charge is 0.338 e. The number of hydrogen-bond donors (Lipinski definition) is 2. The molecule has 3 aromatic rings. The second kappa shape index (κ2) is 10.0. The Balaban J connectivity index is 1.82. The number of aryl methyl sites for hydroxylation is 2. The first kappa shape index (κ1) is 21.5. The van der Waals surface area contributed by atoms with Crippen molar-refractivity contribution in [1.82, 2.24) is 5.32 Å². The molecule has 0 heterocycles. The fourth-order valence-corrected chi connectivity index (χ4v) is 3.61. The molecule has 154 valence electrons. The SMILES string of the molecule is CCOC(=O)c1cccc(NC(=S)N[C@@H](c2ccccc2)c2ccc(C)cc2C)c1. The summed E-state index contributed by atoms with van der Waals surface area (Å²) in [7, 11) is 0. The van der Waals surface area contributed by atoms with Gasteiger partial charge in [0.2, 0.25) is 0 Å². The second-order valence-corrected chi connectivity index (χ2v) is 7.51. The number of carbonyl (C=O) groups excluding carboxylic acids is 1. The Morgan fingerprint density at radius 1 is 1.00 bits per heavy atom. The van der Waals surface area contributed by atoms with Gasteiger partial charge in [0.05, 0.1) is 18.2 Å². The molecule has 4 nitrogen and oxygen atoms in total. The third-order valence-electron chi connectivity index (χ3n) is 4.78. The van der Waals surface area contributed by atoms with Crippen molar-refractivity contribution in [3.05, 3.63) is 101 Å². The summed E-state index contributed by atoms with van der Waals surface area (Å²) in [5.74, 6) is -0.350. The van der Waals surface area contributed by atoms with Crippen molar-refractivity contribution in [2.45, 2.75) is 26.8 Å². The quantitative estimate of drug-likeness (QED) is 0.406. The van der Waals surface area contributed by atoms with Crippen LogP contribution in [-0.2, 0) is 4.74 Å². The van der Waals surface area contributed by atoms with Gasteiger partial charge in [-0.25, -0.2) is 4.79 Å². The van der Waals surface area contributed by atoms with E-state index in [1.807, 2.05) is 24.3 Å². The number of anilines is 1. The zero-order chi connectivity index (χ0) is 21.5. The van der Waals surface area contributed by atoms with E-state index in [9.17, 15) is 4.79 Å². The normalized spacial score (nSPS) is 11.4. The molecule has 5 heteroatoms. The van der Waals surface area contributed by atoms with E-state index < -0.39 is 0 Å². The van der Waals surface area contributed by atoms with E-state index in [1.165, 1.54) is 11.1 Å². The highest BCUT2D eigenvalue weighted by Crippen LogP contribution is 2.26. The first-order valence-corrected chi connectivity index (χ1v) is 10.4. The standard InChI is InChI=1S/C25H26N2O2S/c1-4-29-24(28)20-11-8-12-21(16-20)26-25(30)27-23(19-9-6-5-7-10-19)22-14-13-17(2)15-18(22)3/h5-16,23H,4H2,1-3H3,(H2,26,27,30)/t23-/m0/s1. The lowest BCUT2D eigenvalue weighted by Gasteiger charge is -2.24. The molecule has 0 fully saturated rings. The molecular formula is C25H26N2O2S. The molecule has 30 heavy (non-hydrogen) atoms. The summed E-state index contributed by atoms with van der Waals surface area (Å²) in [6.45, 7) is 6.32. The van der Waals surface area contributed by atoms with E-state index in [2.05, 4.69) is 54.8 Å². The zero-order valence-corrected chi connectivity index (χ0v) is 18.3. The number of rotatable bonds is 6. The lowest BCUT2D eigenvalue weighted by atomic mass is 9.94. The molecule has 0 aliphatic rings. The van der Waals surface area contributed by atoms with Gasteiger partial charge >= 0.3 is 5.97 Å². The van der Waals surface area contributed by atoms with Gasteiger partial charge < -0.3 is 15.4 Å². The van der Waals surface area contributed by atoms with Crippen molar-refractivity contribution in [2.75, 3.05) is 11.9 Å². The molecule has 0 aliphatic carbocycles. The maximum atomic E-state index is 12.0. The van der Waals surface area contributed by atoms with Crippen molar-refractivity contribution < 1.29 is 9.53 Å². The molecule has 0 radical (unpaired) electrons. The van der Waals surface area contributed by atoms with Gasteiger partial charge in [0.1, 0.15) is 0 Å². The lowest BCUT2D eigenvalue weighted by molar-refractivity contribution is 0.0526. The summed E-state index contributed by atoms with van der Waals surface area (Å²) in [6, 6.07) is 23.7. The first-order valence-electron chi connectivity index (χ1n) is 9.94. The van der Waals surface area contributed by atoms with Gasteiger partial charge in [-0.1, -0.05) is 60.2 Å². The minimum Gasteiger partial charge on any atom is -0.462 e. The summed E-state index contributed by atoms with van der Waals surface area (Å²) in [5, 5.41) is 7.11. The molecule has 2 N–H and O–H groups in total. The van der Waals surface area contributed by atoms with Crippen LogP contribution in [-0.4, -0.2) is 17.7 Å². The van der Waals surface area contributed by atoms with Crippen LogP contribution in [0.15, 0.2) is 72.8 Å². The monoisotopic (exact) mass is 418 g/mol. The molecule has 0 aliphatic heterocycles. The Hall–Kier alpha value is -3.18. The van der Waals surface area contributed by atoms with E-state index in [4.69, 9.17) is 17.0 Å². The lowest BCUT2D eigenvalue weighted by Crippen LogP contribution is -2.33. The van der Waals surface area contributed by atoms with Gasteiger partial charge in [0.15, 0.2) is 5.11 Å². The van der Waals surface area contributed by atoms with E-state index in [0.717, 1.165) is 16.8 Å².